The Morgan fingerprint density at radius 3 is 2.50 bits per heavy atom. The molecule has 66 valence electrons. The molecule has 0 saturated carbocycles. The van der Waals surface area contributed by atoms with Crippen molar-refractivity contribution in [2.75, 3.05) is 0 Å². The van der Waals surface area contributed by atoms with Gasteiger partial charge in [-0.2, -0.15) is 25.8 Å². The van der Waals surface area contributed by atoms with Crippen molar-refractivity contribution in [3.8, 4) is 0 Å². The lowest BCUT2D eigenvalue weighted by atomic mass is 10.2. The minimum absolute atomic E-state index is 0.00428. The highest BCUT2D eigenvalue weighted by atomic mass is 32.1. The average molecular weight is 193 g/mol. The molecule has 1 nitrogen and oxygen atoms in total. The quantitative estimate of drug-likeness (QED) is 0.676. The molecule has 0 saturated heterocycles. The maximum absolute atomic E-state index is 12.2. The Balaban J connectivity index is 3.14. The first-order chi connectivity index (χ1) is 5.55. The maximum Gasteiger partial charge on any atom is 0.418 e. The van der Waals surface area contributed by atoms with Gasteiger partial charge in [-0.15, -0.1) is 0 Å². The maximum atomic E-state index is 12.2. The van der Waals surface area contributed by atoms with Crippen LogP contribution >= 0.6 is 12.6 Å². The van der Waals surface area contributed by atoms with Crippen LogP contribution in [0.4, 0.5) is 13.2 Å². The third kappa shape index (κ3) is 1.91. The molecule has 0 fully saturated rings. The molecule has 1 aromatic rings. The van der Waals surface area contributed by atoms with Crippen molar-refractivity contribution in [2.45, 2.75) is 11.9 Å². The van der Waals surface area contributed by atoms with Gasteiger partial charge < -0.3 is 0 Å². The minimum Gasteiger partial charge on any atom is -0.260 e. The van der Waals surface area contributed by atoms with Crippen LogP contribution in [0.2, 0.25) is 0 Å². The Morgan fingerprint density at radius 2 is 2.08 bits per heavy atom. The van der Waals surface area contributed by atoms with Gasteiger partial charge in [-0.3, -0.25) is 4.98 Å². The molecular weight excluding hydrogens is 187 g/mol. The summed E-state index contributed by atoms with van der Waals surface area (Å²) in [4.78, 5) is 3.57. The lowest BCUT2D eigenvalue weighted by Crippen LogP contribution is -2.09. The molecule has 0 N–H and O–H groups in total. The molecule has 1 rings (SSSR count). The first-order valence-corrected chi connectivity index (χ1v) is 3.81. The van der Waals surface area contributed by atoms with E-state index in [0.717, 1.165) is 6.07 Å². The first-order valence-electron chi connectivity index (χ1n) is 3.17. The van der Waals surface area contributed by atoms with E-state index in [2.05, 4.69) is 17.6 Å². The summed E-state index contributed by atoms with van der Waals surface area (Å²) in [5.41, 5.74) is -0.742. The molecule has 0 aliphatic carbocycles. The second-order valence-corrected chi connectivity index (χ2v) is 2.47. The van der Waals surface area contributed by atoms with Gasteiger partial charge in [-0.1, -0.05) is 0 Å². The Hall–Kier alpha value is -0.710. The molecule has 0 radical (unpaired) electrons. The zero-order valence-electron chi connectivity index (χ0n) is 5.97. The third-order valence-corrected chi connectivity index (χ3v) is 1.64. The smallest absolute Gasteiger partial charge is 0.260 e. The highest BCUT2D eigenvalue weighted by molar-refractivity contribution is 7.79. The summed E-state index contributed by atoms with van der Waals surface area (Å²) < 4.78 is 36.5. The predicted molar refractivity (Wildman–Crippen MR) is 41.9 cm³/mol. The molecule has 0 aromatic carbocycles. The number of halogens is 3. The number of nitrogens with zero attached hydrogens (tertiary/aromatic N) is 1. The predicted octanol–water partition coefficient (Wildman–Crippen LogP) is 2.53. The van der Waals surface area contributed by atoms with Crippen LogP contribution in [0.15, 0.2) is 18.3 Å². The number of hydrogen-bond acceptors (Lipinski definition) is 2. The Labute approximate surface area is 73.0 Å². The number of aromatic nitrogens is 1. The van der Waals surface area contributed by atoms with Crippen molar-refractivity contribution < 1.29 is 13.2 Å². The van der Waals surface area contributed by atoms with Crippen LogP contribution in [0.25, 0.3) is 0 Å². The normalized spacial score (nSPS) is 11.7. The second kappa shape index (κ2) is 3.35. The van der Waals surface area contributed by atoms with Crippen LogP contribution < -0.4 is 0 Å². The monoisotopic (exact) mass is 193 g/mol. The summed E-state index contributed by atoms with van der Waals surface area (Å²) in [7, 11) is 0. The summed E-state index contributed by atoms with van der Waals surface area (Å²) in [5.74, 6) is -0.00428. The van der Waals surface area contributed by atoms with Crippen molar-refractivity contribution in [3.63, 3.8) is 0 Å². The zero-order valence-corrected chi connectivity index (χ0v) is 6.86. The van der Waals surface area contributed by atoms with E-state index < -0.39 is 11.7 Å². The summed E-state index contributed by atoms with van der Waals surface area (Å²) in [6.07, 6.45) is -3.01. The molecule has 1 heterocycles. The molecule has 0 spiro atoms. The van der Waals surface area contributed by atoms with E-state index in [0.29, 0.717) is 0 Å². The molecule has 0 unspecified atom stereocenters. The summed E-state index contributed by atoms with van der Waals surface area (Å²) in [5, 5.41) is 0. The van der Waals surface area contributed by atoms with E-state index in [9.17, 15) is 13.2 Å². The van der Waals surface area contributed by atoms with E-state index in [1.807, 2.05) is 0 Å². The van der Waals surface area contributed by atoms with E-state index in [1.165, 1.54) is 12.3 Å². The standard InChI is InChI=1S/C7H6F3NS/c8-7(9,10)5-2-1-3-11-6(5)4-12/h1-3,12H,4H2. The number of hydrogen-bond donors (Lipinski definition) is 1. The van der Waals surface area contributed by atoms with Crippen LogP contribution in [0.5, 0.6) is 0 Å². The Bertz CT molecular complexity index is 272. The lowest BCUT2D eigenvalue weighted by Gasteiger charge is -2.08. The molecular formula is C7H6F3NS. The lowest BCUT2D eigenvalue weighted by molar-refractivity contribution is -0.138. The van der Waals surface area contributed by atoms with Gasteiger partial charge in [0.05, 0.1) is 11.3 Å². The number of pyridine rings is 1. The van der Waals surface area contributed by atoms with Crippen LogP contribution in [0.3, 0.4) is 0 Å². The van der Waals surface area contributed by atoms with Crippen LogP contribution in [0.1, 0.15) is 11.3 Å². The van der Waals surface area contributed by atoms with E-state index in [-0.39, 0.29) is 11.4 Å². The molecule has 0 aliphatic rings. The van der Waals surface area contributed by atoms with E-state index >= 15 is 0 Å². The minimum atomic E-state index is -4.33. The molecule has 1 aromatic heterocycles. The van der Waals surface area contributed by atoms with Crippen molar-refractivity contribution >= 4 is 12.6 Å². The number of alkyl halides is 3. The SMILES string of the molecule is FC(F)(F)c1cccnc1CS. The summed E-state index contributed by atoms with van der Waals surface area (Å²) >= 11 is 3.75. The van der Waals surface area contributed by atoms with Crippen molar-refractivity contribution in [1.29, 1.82) is 0 Å². The van der Waals surface area contributed by atoms with Gasteiger partial charge in [-0.05, 0) is 12.1 Å². The molecule has 0 atom stereocenters. The fourth-order valence-electron chi connectivity index (χ4n) is 0.822. The van der Waals surface area contributed by atoms with E-state index in [1.54, 1.807) is 0 Å². The van der Waals surface area contributed by atoms with Crippen LogP contribution in [0, 0.1) is 0 Å². The first kappa shape index (κ1) is 9.38. The molecule has 0 amide bonds. The number of thiol groups is 1. The summed E-state index contributed by atoms with van der Waals surface area (Å²) in [6, 6.07) is 2.26. The van der Waals surface area contributed by atoms with E-state index in [4.69, 9.17) is 0 Å². The molecule has 5 heteroatoms. The number of rotatable bonds is 1. The van der Waals surface area contributed by atoms with Crippen molar-refractivity contribution in [2.24, 2.45) is 0 Å². The third-order valence-electron chi connectivity index (χ3n) is 1.35. The zero-order chi connectivity index (χ0) is 9.19. The molecule has 0 aliphatic heterocycles. The van der Waals surface area contributed by atoms with Gasteiger partial charge in [0.15, 0.2) is 0 Å². The van der Waals surface area contributed by atoms with Gasteiger partial charge in [-0.25, -0.2) is 0 Å². The average Bonchev–Trinajstić information content (AvgIpc) is 2.03. The van der Waals surface area contributed by atoms with Gasteiger partial charge in [0.1, 0.15) is 0 Å². The van der Waals surface area contributed by atoms with Gasteiger partial charge in [0.2, 0.25) is 0 Å². The van der Waals surface area contributed by atoms with Gasteiger partial charge in [0.25, 0.3) is 0 Å². The Kier molecular flexibility index (Phi) is 2.62. The second-order valence-electron chi connectivity index (χ2n) is 2.15. The van der Waals surface area contributed by atoms with Gasteiger partial charge in [0, 0.05) is 11.9 Å². The van der Waals surface area contributed by atoms with Crippen molar-refractivity contribution in [3.05, 3.63) is 29.6 Å². The molecule has 12 heavy (non-hydrogen) atoms. The van der Waals surface area contributed by atoms with Crippen LogP contribution in [-0.2, 0) is 11.9 Å². The molecule has 0 bridgehead atoms. The fraction of sp³-hybridized carbons (Fsp3) is 0.286. The van der Waals surface area contributed by atoms with Crippen LogP contribution in [-0.4, -0.2) is 4.98 Å². The van der Waals surface area contributed by atoms with Gasteiger partial charge >= 0.3 is 6.18 Å². The summed E-state index contributed by atoms with van der Waals surface area (Å²) in [6.45, 7) is 0. The Morgan fingerprint density at radius 1 is 1.42 bits per heavy atom. The largest absolute Gasteiger partial charge is 0.418 e. The fourth-order valence-corrected chi connectivity index (χ4v) is 1.07. The van der Waals surface area contributed by atoms with Crippen molar-refractivity contribution in [1.82, 2.24) is 4.98 Å². The topological polar surface area (TPSA) is 12.9 Å². The highest BCUT2D eigenvalue weighted by Gasteiger charge is 2.33. The highest BCUT2D eigenvalue weighted by Crippen LogP contribution is 2.31.